The Morgan fingerprint density at radius 1 is 1.25 bits per heavy atom. The molecule has 2 rings (SSSR count). The number of carbonyl (C=O) groups is 1. The summed E-state index contributed by atoms with van der Waals surface area (Å²) in [5.74, 6) is 0.832. The lowest BCUT2D eigenvalue weighted by Gasteiger charge is -2.11. The molecule has 2 aromatic rings. The third kappa shape index (κ3) is 5.07. The van der Waals surface area contributed by atoms with Gasteiger partial charge in [-0.3, -0.25) is 4.79 Å². The van der Waals surface area contributed by atoms with Gasteiger partial charge in [0, 0.05) is 25.3 Å². The highest BCUT2D eigenvalue weighted by Gasteiger charge is 2.09. The number of anilines is 2. The third-order valence-electron chi connectivity index (χ3n) is 3.12. The van der Waals surface area contributed by atoms with Gasteiger partial charge in [-0.2, -0.15) is 0 Å². The number of methoxy groups -OCH3 is 2. The predicted octanol–water partition coefficient (Wildman–Crippen LogP) is 2.65. The topological polar surface area (TPSA) is 85.4 Å². The molecule has 0 aliphatic carbocycles. The van der Waals surface area contributed by atoms with E-state index in [2.05, 4.69) is 20.6 Å². The molecule has 0 bridgehead atoms. The largest absolute Gasteiger partial charge is 0.495 e. The van der Waals surface area contributed by atoms with Gasteiger partial charge in [-0.25, -0.2) is 9.97 Å². The molecule has 0 radical (unpaired) electrons. The number of carbonyl (C=O) groups excluding carboxylic acids is 1. The van der Waals surface area contributed by atoms with E-state index in [1.165, 1.54) is 12.4 Å². The van der Waals surface area contributed by atoms with Crippen LogP contribution in [0, 0.1) is 0 Å². The highest BCUT2D eigenvalue weighted by molar-refractivity contribution is 6.31. The Hall–Kier alpha value is -2.38. The van der Waals surface area contributed by atoms with Crippen LogP contribution in [0.3, 0.4) is 0 Å². The molecule has 7 nitrogen and oxygen atoms in total. The van der Waals surface area contributed by atoms with E-state index < -0.39 is 0 Å². The average Bonchev–Trinajstić information content (AvgIpc) is 2.59. The van der Waals surface area contributed by atoms with Crippen LogP contribution in [-0.4, -0.2) is 43.2 Å². The molecule has 0 saturated carbocycles. The second-order valence-corrected chi connectivity index (χ2v) is 5.30. The second-order valence-electron chi connectivity index (χ2n) is 4.86. The second kappa shape index (κ2) is 9.05. The fourth-order valence-corrected chi connectivity index (χ4v) is 2.11. The van der Waals surface area contributed by atoms with E-state index >= 15 is 0 Å². The van der Waals surface area contributed by atoms with Crippen molar-refractivity contribution < 1.29 is 14.3 Å². The third-order valence-corrected chi connectivity index (χ3v) is 3.35. The number of nitrogens with one attached hydrogen (secondary N) is 2. The highest BCUT2D eigenvalue weighted by Crippen LogP contribution is 2.29. The summed E-state index contributed by atoms with van der Waals surface area (Å²) in [7, 11) is 3.19. The van der Waals surface area contributed by atoms with Gasteiger partial charge in [0.1, 0.15) is 17.3 Å². The first-order chi connectivity index (χ1) is 11.6. The van der Waals surface area contributed by atoms with Crippen LogP contribution in [0.1, 0.15) is 16.9 Å². The van der Waals surface area contributed by atoms with Crippen molar-refractivity contribution in [3.8, 4) is 5.75 Å². The fourth-order valence-electron chi connectivity index (χ4n) is 1.93. The zero-order chi connectivity index (χ0) is 17.4. The van der Waals surface area contributed by atoms with Crippen LogP contribution in [0.2, 0.25) is 5.02 Å². The molecule has 24 heavy (non-hydrogen) atoms. The lowest BCUT2D eigenvalue weighted by atomic mass is 10.3. The summed E-state index contributed by atoms with van der Waals surface area (Å²) in [4.78, 5) is 20.2. The molecule has 1 aromatic carbocycles. The van der Waals surface area contributed by atoms with Gasteiger partial charge in [-0.1, -0.05) is 11.6 Å². The minimum atomic E-state index is -0.273. The Labute approximate surface area is 145 Å². The number of hydrogen-bond donors (Lipinski definition) is 2. The van der Waals surface area contributed by atoms with Crippen LogP contribution in [-0.2, 0) is 4.74 Å². The summed E-state index contributed by atoms with van der Waals surface area (Å²) in [5.41, 5.74) is 0.909. The summed E-state index contributed by atoms with van der Waals surface area (Å²) in [6.45, 7) is 1.12. The molecule has 0 aliphatic heterocycles. The van der Waals surface area contributed by atoms with E-state index in [9.17, 15) is 4.79 Å². The van der Waals surface area contributed by atoms with Crippen molar-refractivity contribution >= 4 is 29.0 Å². The van der Waals surface area contributed by atoms with E-state index in [-0.39, 0.29) is 11.6 Å². The SMILES string of the molecule is COCCCNC(=O)c1cnc(Nc2cc(Cl)ccc2OC)cn1. The molecule has 0 saturated heterocycles. The first-order valence-corrected chi connectivity index (χ1v) is 7.71. The summed E-state index contributed by atoms with van der Waals surface area (Å²) >= 11 is 5.98. The Kier molecular flexibility index (Phi) is 6.77. The number of ether oxygens (including phenoxy) is 2. The van der Waals surface area contributed by atoms with Gasteiger partial charge in [0.2, 0.25) is 0 Å². The lowest BCUT2D eigenvalue weighted by Crippen LogP contribution is -2.26. The van der Waals surface area contributed by atoms with Crippen molar-refractivity contribution in [2.24, 2.45) is 0 Å². The monoisotopic (exact) mass is 350 g/mol. The standard InChI is InChI=1S/C16H19ClN4O3/c1-23-7-3-6-18-16(22)13-9-20-15(10-19-13)21-12-8-11(17)4-5-14(12)24-2/h4-5,8-10H,3,6-7H2,1-2H3,(H,18,22)(H,20,21). The maximum Gasteiger partial charge on any atom is 0.271 e. The first kappa shape index (κ1) is 18.0. The van der Waals surface area contributed by atoms with E-state index in [0.717, 1.165) is 6.42 Å². The van der Waals surface area contributed by atoms with Crippen LogP contribution < -0.4 is 15.4 Å². The summed E-state index contributed by atoms with van der Waals surface area (Å²) < 4.78 is 10.2. The van der Waals surface area contributed by atoms with Gasteiger partial charge in [-0.15, -0.1) is 0 Å². The van der Waals surface area contributed by atoms with Crippen molar-refractivity contribution in [1.29, 1.82) is 0 Å². The molecule has 1 aromatic heterocycles. The normalized spacial score (nSPS) is 10.3. The first-order valence-electron chi connectivity index (χ1n) is 7.33. The summed E-state index contributed by atoms with van der Waals surface area (Å²) in [5, 5.41) is 6.38. The van der Waals surface area contributed by atoms with Crippen molar-refractivity contribution in [3.63, 3.8) is 0 Å². The summed E-state index contributed by atoms with van der Waals surface area (Å²) in [6, 6.07) is 5.20. The highest BCUT2D eigenvalue weighted by atomic mass is 35.5. The molecular weight excluding hydrogens is 332 g/mol. The number of hydrogen-bond acceptors (Lipinski definition) is 6. The molecule has 0 unspecified atom stereocenters. The fraction of sp³-hybridized carbons (Fsp3) is 0.312. The molecule has 0 fully saturated rings. The lowest BCUT2D eigenvalue weighted by molar-refractivity contribution is 0.0943. The molecule has 1 amide bonds. The molecule has 0 spiro atoms. The van der Waals surface area contributed by atoms with Crippen LogP contribution in [0.25, 0.3) is 0 Å². The predicted molar refractivity (Wildman–Crippen MR) is 92.1 cm³/mol. The van der Waals surface area contributed by atoms with E-state index in [1.54, 1.807) is 32.4 Å². The number of nitrogens with zero attached hydrogens (tertiary/aromatic N) is 2. The van der Waals surface area contributed by atoms with Gasteiger partial charge in [-0.05, 0) is 24.6 Å². The van der Waals surface area contributed by atoms with Crippen LogP contribution in [0.4, 0.5) is 11.5 Å². The smallest absolute Gasteiger partial charge is 0.271 e. The van der Waals surface area contributed by atoms with E-state index in [1.807, 2.05) is 0 Å². The number of halogens is 1. The van der Waals surface area contributed by atoms with Gasteiger partial charge in [0.25, 0.3) is 5.91 Å². The molecular formula is C16H19ClN4O3. The minimum absolute atomic E-state index is 0.246. The Morgan fingerprint density at radius 3 is 2.75 bits per heavy atom. The Bertz CT molecular complexity index is 680. The van der Waals surface area contributed by atoms with Gasteiger partial charge >= 0.3 is 0 Å². The van der Waals surface area contributed by atoms with Gasteiger partial charge in [0.05, 0.1) is 25.2 Å². The minimum Gasteiger partial charge on any atom is -0.495 e. The van der Waals surface area contributed by atoms with Gasteiger partial charge in [0.15, 0.2) is 0 Å². The Balaban J connectivity index is 1.99. The zero-order valence-corrected chi connectivity index (χ0v) is 14.3. The zero-order valence-electron chi connectivity index (χ0n) is 13.5. The molecule has 8 heteroatoms. The number of aromatic nitrogens is 2. The molecule has 1 heterocycles. The molecule has 0 aliphatic rings. The van der Waals surface area contributed by atoms with E-state index in [4.69, 9.17) is 21.1 Å². The number of rotatable bonds is 8. The van der Waals surface area contributed by atoms with Crippen molar-refractivity contribution in [1.82, 2.24) is 15.3 Å². The van der Waals surface area contributed by atoms with Crippen LogP contribution in [0.5, 0.6) is 5.75 Å². The molecule has 128 valence electrons. The molecule has 0 atom stereocenters. The van der Waals surface area contributed by atoms with Crippen molar-refractivity contribution in [2.75, 3.05) is 32.7 Å². The molecule has 2 N–H and O–H groups in total. The van der Waals surface area contributed by atoms with Gasteiger partial charge < -0.3 is 20.1 Å². The van der Waals surface area contributed by atoms with Crippen molar-refractivity contribution in [3.05, 3.63) is 41.3 Å². The van der Waals surface area contributed by atoms with Crippen molar-refractivity contribution in [2.45, 2.75) is 6.42 Å². The summed E-state index contributed by atoms with van der Waals surface area (Å²) in [6.07, 6.45) is 3.62. The Morgan fingerprint density at radius 2 is 2.08 bits per heavy atom. The average molecular weight is 351 g/mol. The number of amides is 1. The maximum atomic E-state index is 11.9. The quantitative estimate of drug-likeness (QED) is 0.712. The van der Waals surface area contributed by atoms with Crippen LogP contribution in [0.15, 0.2) is 30.6 Å². The maximum absolute atomic E-state index is 11.9. The van der Waals surface area contributed by atoms with E-state index in [0.29, 0.717) is 35.4 Å². The number of benzene rings is 1. The van der Waals surface area contributed by atoms with Crippen LogP contribution >= 0.6 is 11.6 Å².